The maximum Gasteiger partial charge on any atom is 0.407 e. The van der Waals surface area contributed by atoms with E-state index in [-0.39, 0.29) is 12.1 Å². The predicted octanol–water partition coefficient (Wildman–Crippen LogP) is 1.78. The van der Waals surface area contributed by atoms with Gasteiger partial charge >= 0.3 is 6.09 Å². The van der Waals surface area contributed by atoms with Crippen molar-refractivity contribution in [1.29, 1.82) is 0 Å². The van der Waals surface area contributed by atoms with E-state index in [4.69, 9.17) is 0 Å². The van der Waals surface area contributed by atoms with Crippen LogP contribution < -0.4 is 10.2 Å². The third-order valence-electron chi connectivity index (χ3n) is 2.72. The van der Waals surface area contributed by atoms with E-state index in [9.17, 15) is 4.79 Å². The van der Waals surface area contributed by atoms with Crippen molar-refractivity contribution in [3.63, 3.8) is 0 Å². The molecule has 1 aliphatic heterocycles. The second-order valence-electron chi connectivity index (χ2n) is 3.89. The van der Waals surface area contributed by atoms with Crippen molar-refractivity contribution in [1.82, 2.24) is 10.3 Å². The van der Waals surface area contributed by atoms with E-state index in [0.717, 1.165) is 29.9 Å². The molecule has 1 amide bonds. The van der Waals surface area contributed by atoms with Crippen molar-refractivity contribution in [2.45, 2.75) is 12.5 Å². The van der Waals surface area contributed by atoms with E-state index in [0.29, 0.717) is 0 Å². The Kier molecular flexibility index (Phi) is 3.83. The number of rotatable bonds is 2. The van der Waals surface area contributed by atoms with Crippen LogP contribution in [0, 0.1) is 0 Å². The first-order valence-electron chi connectivity index (χ1n) is 5.41. The molecule has 1 unspecified atom stereocenters. The fourth-order valence-corrected chi connectivity index (χ4v) is 2.22. The number of nitrogens with one attached hydrogen (secondary N) is 1. The minimum absolute atomic E-state index is 0.128. The SMILES string of the molecule is COC(=O)NC1CCN(c2cccc(Br)n2)C1. The first-order chi connectivity index (χ1) is 8.19. The molecule has 0 radical (unpaired) electrons. The standard InChI is InChI=1S/C11H14BrN3O2/c1-17-11(16)13-8-5-6-15(7-8)10-4-2-3-9(12)14-10/h2-4,8H,5-7H2,1H3,(H,13,16). The van der Waals surface area contributed by atoms with Crippen molar-refractivity contribution in [3.05, 3.63) is 22.8 Å². The van der Waals surface area contributed by atoms with Crippen molar-refractivity contribution in [3.8, 4) is 0 Å². The molecule has 92 valence electrons. The summed E-state index contributed by atoms with van der Waals surface area (Å²) in [6.07, 6.45) is 0.530. The molecule has 0 aliphatic carbocycles. The van der Waals surface area contributed by atoms with Crippen LogP contribution in [-0.2, 0) is 4.74 Å². The summed E-state index contributed by atoms with van der Waals surface area (Å²) in [4.78, 5) is 17.6. The smallest absolute Gasteiger partial charge is 0.407 e. The van der Waals surface area contributed by atoms with Crippen molar-refractivity contribution < 1.29 is 9.53 Å². The summed E-state index contributed by atoms with van der Waals surface area (Å²) in [6, 6.07) is 5.94. The zero-order valence-corrected chi connectivity index (χ0v) is 11.1. The molecule has 0 saturated carbocycles. The highest BCUT2D eigenvalue weighted by atomic mass is 79.9. The molecule has 1 aromatic heterocycles. The van der Waals surface area contributed by atoms with Crippen LogP contribution in [0.2, 0.25) is 0 Å². The van der Waals surface area contributed by atoms with Crippen LogP contribution in [-0.4, -0.2) is 37.3 Å². The highest BCUT2D eigenvalue weighted by Crippen LogP contribution is 2.20. The largest absolute Gasteiger partial charge is 0.453 e. The third-order valence-corrected chi connectivity index (χ3v) is 3.16. The molecule has 5 nitrogen and oxygen atoms in total. The second-order valence-corrected chi connectivity index (χ2v) is 4.70. The van der Waals surface area contributed by atoms with Gasteiger partial charge < -0.3 is 15.0 Å². The van der Waals surface area contributed by atoms with E-state index < -0.39 is 0 Å². The van der Waals surface area contributed by atoms with Crippen molar-refractivity contribution in [2.24, 2.45) is 0 Å². The van der Waals surface area contributed by atoms with Crippen LogP contribution in [0.1, 0.15) is 6.42 Å². The lowest BCUT2D eigenvalue weighted by Gasteiger charge is -2.17. The number of halogens is 1. The summed E-state index contributed by atoms with van der Waals surface area (Å²) >= 11 is 3.35. The number of carbonyl (C=O) groups is 1. The van der Waals surface area contributed by atoms with Gasteiger partial charge in [0.1, 0.15) is 10.4 Å². The van der Waals surface area contributed by atoms with Crippen LogP contribution in [0.15, 0.2) is 22.8 Å². The fraction of sp³-hybridized carbons (Fsp3) is 0.455. The number of nitrogens with zero attached hydrogens (tertiary/aromatic N) is 2. The van der Waals surface area contributed by atoms with E-state index >= 15 is 0 Å². The van der Waals surface area contributed by atoms with Gasteiger partial charge in [0.25, 0.3) is 0 Å². The van der Waals surface area contributed by atoms with Gasteiger partial charge in [0, 0.05) is 13.1 Å². The minimum atomic E-state index is -0.376. The van der Waals surface area contributed by atoms with E-state index in [2.05, 4.69) is 35.9 Å². The average molecular weight is 300 g/mol. The number of anilines is 1. The Bertz CT molecular complexity index is 413. The van der Waals surface area contributed by atoms with Crippen molar-refractivity contribution >= 4 is 27.8 Å². The lowest BCUT2D eigenvalue weighted by atomic mass is 10.3. The van der Waals surface area contributed by atoms with Crippen LogP contribution in [0.4, 0.5) is 10.6 Å². The number of pyridine rings is 1. The van der Waals surface area contributed by atoms with Crippen LogP contribution >= 0.6 is 15.9 Å². The van der Waals surface area contributed by atoms with Gasteiger partial charge in [-0.05, 0) is 34.5 Å². The van der Waals surface area contributed by atoms with Gasteiger partial charge in [0.05, 0.1) is 13.2 Å². The molecule has 0 bridgehead atoms. The summed E-state index contributed by atoms with van der Waals surface area (Å²) in [7, 11) is 1.37. The summed E-state index contributed by atoms with van der Waals surface area (Å²) in [5.74, 6) is 0.925. The molecule has 1 saturated heterocycles. The molecule has 2 heterocycles. The Balaban J connectivity index is 1.96. The number of hydrogen-bond acceptors (Lipinski definition) is 4. The molecule has 1 fully saturated rings. The number of alkyl carbamates (subject to hydrolysis) is 1. The molecule has 1 atom stereocenters. The summed E-state index contributed by atoms with van der Waals surface area (Å²) < 4.78 is 5.40. The topological polar surface area (TPSA) is 54.5 Å². The lowest BCUT2D eigenvalue weighted by Crippen LogP contribution is -2.37. The molecular weight excluding hydrogens is 286 g/mol. The van der Waals surface area contributed by atoms with Gasteiger partial charge in [-0.15, -0.1) is 0 Å². The average Bonchev–Trinajstić information content (AvgIpc) is 2.77. The van der Waals surface area contributed by atoms with E-state index in [1.54, 1.807) is 0 Å². The molecule has 6 heteroatoms. The number of ether oxygens (including phenoxy) is 1. The number of carbonyl (C=O) groups excluding carboxylic acids is 1. The van der Waals surface area contributed by atoms with Gasteiger partial charge in [-0.1, -0.05) is 6.07 Å². The predicted molar refractivity (Wildman–Crippen MR) is 68.1 cm³/mol. The highest BCUT2D eigenvalue weighted by molar-refractivity contribution is 9.10. The Morgan fingerprint density at radius 1 is 1.65 bits per heavy atom. The summed E-state index contributed by atoms with van der Waals surface area (Å²) in [5, 5.41) is 2.80. The molecule has 1 aliphatic rings. The number of methoxy groups -OCH3 is 1. The maximum absolute atomic E-state index is 11.1. The van der Waals surface area contributed by atoms with Gasteiger partial charge in [-0.25, -0.2) is 9.78 Å². The van der Waals surface area contributed by atoms with Gasteiger partial charge in [-0.3, -0.25) is 0 Å². The summed E-state index contributed by atoms with van der Waals surface area (Å²) in [5.41, 5.74) is 0. The van der Waals surface area contributed by atoms with Gasteiger partial charge in [0.15, 0.2) is 0 Å². The van der Waals surface area contributed by atoms with Crippen LogP contribution in [0.3, 0.4) is 0 Å². The maximum atomic E-state index is 11.1. The Morgan fingerprint density at radius 2 is 2.47 bits per heavy atom. The highest BCUT2D eigenvalue weighted by Gasteiger charge is 2.24. The molecule has 17 heavy (non-hydrogen) atoms. The number of amides is 1. The van der Waals surface area contributed by atoms with Gasteiger partial charge in [0.2, 0.25) is 0 Å². The first kappa shape index (κ1) is 12.2. The van der Waals surface area contributed by atoms with Crippen LogP contribution in [0.25, 0.3) is 0 Å². The molecule has 0 aromatic carbocycles. The quantitative estimate of drug-likeness (QED) is 0.846. The minimum Gasteiger partial charge on any atom is -0.453 e. The number of hydrogen-bond donors (Lipinski definition) is 1. The Morgan fingerprint density at radius 3 is 3.18 bits per heavy atom. The molecule has 1 N–H and O–H groups in total. The second kappa shape index (κ2) is 5.35. The van der Waals surface area contributed by atoms with Crippen molar-refractivity contribution in [2.75, 3.05) is 25.1 Å². The Labute approximate surface area is 108 Å². The van der Waals surface area contributed by atoms with E-state index in [1.165, 1.54) is 7.11 Å². The zero-order valence-electron chi connectivity index (χ0n) is 9.52. The Hall–Kier alpha value is -1.30. The first-order valence-corrected chi connectivity index (χ1v) is 6.20. The lowest BCUT2D eigenvalue weighted by molar-refractivity contribution is 0.167. The summed E-state index contributed by atoms with van der Waals surface area (Å²) in [6.45, 7) is 1.65. The van der Waals surface area contributed by atoms with Crippen LogP contribution in [0.5, 0.6) is 0 Å². The fourth-order valence-electron chi connectivity index (χ4n) is 1.89. The monoisotopic (exact) mass is 299 g/mol. The van der Waals surface area contributed by atoms with Gasteiger partial charge in [-0.2, -0.15) is 0 Å². The molecular formula is C11H14BrN3O2. The number of aromatic nitrogens is 1. The normalized spacial score (nSPS) is 19.2. The molecule has 2 rings (SSSR count). The third kappa shape index (κ3) is 3.09. The molecule has 0 spiro atoms. The zero-order chi connectivity index (χ0) is 12.3. The van der Waals surface area contributed by atoms with E-state index in [1.807, 2.05) is 18.2 Å². The molecule has 1 aromatic rings.